The van der Waals surface area contributed by atoms with E-state index in [1.807, 2.05) is 23.6 Å². The second-order valence-electron chi connectivity index (χ2n) is 10.5. The Balaban J connectivity index is 1.46. The van der Waals surface area contributed by atoms with Crippen LogP contribution in [0.2, 0.25) is 5.02 Å². The highest BCUT2D eigenvalue weighted by molar-refractivity contribution is 6.31. The third-order valence-corrected chi connectivity index (χ3v) is 7.51. The Morgan fingerprint density at radius 3 is 2.54 bits per heavy atom. The first kappa shape index (κ1) is 27.5. The summed E-state index contributed by atoms with van der Waals surface area (Å²) >= 11 is 6.47. The normalized spacial score (nSPS) is 23.0. The van der Waals surface area contributed by atoms with Crippen molar-refractivity contribution in [2.45, 2.75) is 64.5 Å². The van der Waals surface area contributed by atoms with Crippen LogP contribution in [0.15, 0.2) is 12.1 Å². The third kappa shape index (κ3) is 7.29. The molecule has 2 fully saturated rings. The average Bonchev–Trinajstić information content (AvgIpc) is 3.34. The number of hydrogen-bond acceptors (Lipinski definition) is 6. The molecule has 2 N–H and O–H groups in total. The second kappa shape index (κ2) is 12.8. The fourth-order valence-electron chi connectivity index (χ4n) is 5.20. The number of carbonyl (C=O) groups is 3. The molecule has 0 spiro atoms. The summed E-state index contributed by atoms with van der Waals surface area (Å²) in [5.74, 6) is 1.54. The molecule has 0 aromatic heterocycles. The van der Waals surface area contributed by atoms with Crippen LogP contribution in [0.4, 0.5) is 0 Å². The zero-order valence-corrected chi connectivity index (χ0v) is 22.6. The van der Waals surface area contributed by atoms with Gasteiger partial charge in [0.05, 0.1) is 12.5 Å². The van der Waals surface area contributed by atoms with Crippen LogP contribution in [0, 0.1) is 5.92 Å². The fraction of sp³-hybridized carbons (Fsp3) is 0.667. The molecule has 1 aromatic rings. The number of amides is 3. The number of ether oxygens (including phenoxy) is 2. The predicted molar refractivity (Wildman–Crippen MR) is 141 cm³/mol. The van der Waals surface area contributed by atoms with Crippen molar-refractivity contribution < 1.29 is 23.9 Å². The van der Waals surface area contributed by atoms with Gasteiger partial charge in [0.25, 0.3) is 0 Å². The molecule has 2 bridgehead atoms. The molecular weight excluding hydrogens is 496 g/mol. The van der Waals surface area contributed by atoms with Gasteiger partial charge in [-0.3, -0.25) is 14.4 Å². The van der Waals surface area contributed by atoms with Crippen molar-refractivity contribution in [3.8, 4) is 11.5 Å². The van der Waals surface area contributed by atoms with Gasteiger partial charge < -0.3 is 29.9 Å². The molecule has 0 unspecified atom stereocenters. The van der Waals surface area contributed by atoms with Crippen molar-refractivity contribution >= 4 is 29.3 Å². The van der Waals surface area contributed by atoms with Crippen LogP contribution in [0.5, 0.6) is 11.5 Å². The smallest absolute Gasteiger partial charge is 0.237 e. The number of fused-ring (bicyclic) bond motifs is 3. The van der Waals surface area contributed by atoms with Gasteiger partial charge in [0, 0.05) is 56.3 Å². The Labute approximate surface area is 224 Å². The molecule has 4 rings (SSSR count). The second-order valence-corrected chi connectivity index (χ2v) is 10.9. The number of benzene rings is 1. The molecule has 0 saturated carbocycles. The highest BCUT2D eigenvalue weighted by atomic mass is 35.5. The molecule has 3 heterocycles. The zero-order chi connectivity index (χ0) is 26.4. The maximum Gasteiger partial charge on any atom is 0.237 e. The van der Waals surface area contributed by atoms with E-state index in [2.05, 4.69) is 10.6 Å². The molecule has 10 heteroatoms. The topological polar surface area (TPSA) is 100 Å². The monoisotopic (exact) mass is 534 g/mol. The minimum absolute atomic E-state index is 0.0163. The number of nitrogens with one attached hydrogen (secondary N) is 2. The first-order valence-corrected chi connectivity index (χ1v) is 13.9. The van der Waals surface area contributed by atoms with E-state index in [-0.39, 0.29) is 42.1 Å². The van der Waals surface area contributed by atoms with Crippen LogP contribution in [0.25, 0.3) is 0 Å². The number of carbonyl (C=O) groups excluding carboxylic acids is 3. The molecule has 37 heavy (non-hydrogen) atoms. The van der Waals surface area contributed by atoms with E-state index in [1.165, 1.54) is 0 Å². The molecule has 3 aliphatic heterocycles. The molecule has 0 radical (unpaired) electrons. The van der Waals surface area contributed by atoms with Crippen LogP contribution < -0.4 is 20.1 Å². The van der Waals surface area contributed by atoms with Gasteiger partial charge in [-0.05, 0) is 43.2 Å². The predicted octanol–water partition coefficient (Wildman–Crippen LogP) is 2.39. The number of halogens is 1. The summed E-state index contributed by atoms with van der Waals surface area (Å²) in [5.41, 5.74) is 0.708. The van der Waals surface area contributed by atoms with Gasteiger partial charge in [-0.1, -0.05) is 25.4 Å². The molecule has 0 aliphatic carbocycles. The van der Waals surface area contributed by atoms with Crippen molar-refractivity contribution in [1.82, 2.24) is 20.4 Å². The van der Waals surface area contributed by atoms with E-state index >= 15 is 0 Å². The molecule has 1 aromatic carbocycles. The summed E-state index contributed by atoms with van der Waals surface area (Å²) in [6.07, 6.45) is 3.49. The number of rotatable bonds is 4. The van der Waals surface area contributed by atoms with Gasteiger partial charge in [-0.15, -0.1) is 0 Å². The Kier molecular flexibility index (Phi) is 9.54. The van der Waals surface area contributed by atoms with Gasteiger partial charge >= 0.3 is 0 Å². The van der Waals surface area contributed by atoms with Crippen molar-refractivity contribution in [3.05, 3.63) is 22.7 Å². The van der Waals surface area contributed by atoms with E-state index in [0.717, 1.165) is 12.8 Å². The quantitative estimate of drug-likeness (QED) is 0.615. The Bertz CT molecular complexity index is 988. The lowest BCUT2D eigenvalue weighted by Crippen LogP contribution is -2.44. The van der Waals surface area contributed by atoms with Crippen molar-refractivity contribution in [1.29, 1.82) is 0 Å². The molecule has 3 amide bonds. The molecule has 3 aliphatic rings. The summed E-state index contributed by atoms with van der Waals surface area (Å²) in [4.78, 5) is 42.9. The Morgan fingerprint density at radius 2 is 1.78 bits per heavy atom. The van der Waals surface area contributed by atoms with E-state index in [0.29, 0.717) is 87.3 Å². The summed E-state index contributed by atoms with van der Waals surface area (Å²) in [6, 6.07) is 3.22. The van der Waals surface area contributed by atoms with E-state index in [4.69, 9.17) is 21.1 Å². The molecule has 204 valence electrons. The lowest BCUT2D eigenvalue weighted by Gasteiger charge is -2.31. The van der Waals surface area contributed by atoms with Crippen LogP contribution in [-0.4, -0.2) is 85.5 Å². The standard InChI is InChI=1S/C27H39ClN4O5/c1-18(2)12-26(34)32-9-5-8-31(7-4-3-6-29-27(35)22-15-20(32)17-30-22)25(33)14-19-13-23-24(16-21(19)28)37-11-10-36-23/h13,16,18,20,22,30H,3-12,14-15,17H2,1-2H3,(H,29,35)/t20-,22-/m0/s1. The Hall–Kier alpha value is -2.52. The number of hydrogen-bond donors (Lipinski definition) is 2. The maximum atomic E-state index is 13.4. The summed E-state index contributed by atoms with van der Waals surface area (Å²) in [5, 5.41) is 6.79. The zero-order valence-electron chi connectivity index (χ0n) is 21.9. The largest absolute Gasteiger partial charge is 0.486 e. The lowest BCUT2D eigenvalue weighted by molar-refractivity contribution is -0.134. The van der Waals surface area contributed by atoms with Crippen LogP contribution in [-0.2, 0) is 20.8 Å². The fourth-order valence-corrected chi connectivity index (χ4v) is 5.42. The van der Waals surface area contributed by atoms with Gasteiger partial charge in [0.1, 0.15) is 13.2 Å². The first-order valence-electron chi connectivity index (χ1n) is 13.5. The van der Waals surface area contributed by atoms with Crippen LogP contribution in [0.1, 0.15) is 51.5 Å². The summed E-state index contributed by atoms with van der Waals surface area (Å²) in [7, 11) is 0. The minimum Gasteiger partial charge on any atom is -0.486 e. The highest BCUT2D eigenvalue weighted by Gasteiger charge is 2.35. The SMILES string of the molecule is CC(C)CC(=O)N1CCCN(C(=O)Cc2cc3c(cc2Cl)OCCO3)CCCCNC(=O)[C@@H]2C[C@H]1CN2. The molecular formula is C27H39ClN4O5. The minimum atomic E-state index is -0.267. The van der Waals surface area contributed by atoms with E-state index < -0.39 is 0 Å². The first-order chi connectivity index (χ1) is 17.8. The maximum absolute atomic E-state index is 13.4. The number of nitrogens with zero attached hydrogens (tertiary/aromatic N) is 2. The molecule has 2 atom stereocenters. The van der Waals surface area contributed by atoms with Gasteiger partial charge in [-0.25, -0.2) is 0 Å². The summed E-state index contributed by atoms with van der Waals surface area (Å²) < 4.78 is 11.3. The molecule has 9 nitrogen and oxygen atoms in total. The average molecular weight is 535 g/mol. The van der Waals surface area contributed by atoms with Crippen LogP contribution >= 0.6 is 11.6 Å². The van der Waals surface area contributed by atoms with Crippen LogP contribution in [0.3, 0.4) is 0 Å². The van der Waals surface area contributed by atoms with Gasteiger partial charge in [-0.2, -0.15) is 0 Å². The molecule has 2 saturated heterocycles. The third-order valence-electron chi connectivity index (χ3n) is 7.15. The van der Waals surface area contributed by atoms with E-state index in [1.54, 1.807) is 12.1 Å². The van der Waals surface area contributed by atoms with Crippen molar-refractivity contribution in [3.63, 3.8) is 0 Å². The van der Waals surface area contributed by atoms with Crippen molar-refractivity contribution in [2.75, 3.05) is 45.9 Å². The lowest BCUT2D eigenvalue weighted by atomic mass is 10.1. The van der Waals surface area contributed by atoms with Gasteiger partial charge in [0.15, 0.2) is 11.5 Å². The highest BCUT2D eigenvalue weighted by Crippen LogP contribution is 2.35. The Morgan fingerprint density at radius 1 is 1.05 bits per heavy atom. The van der Waals surface area contributed by atoms with Gasteiger partial charge in [0.2, 0.25) is 17.7 Å². The van der Waals surface area contributed by atoms with E-state index in [9.17, 15) is 14.4 Å². The summed E-state index contributed by atoms with van der Waals surface area (Å²) in [6.45, 7) is 7.88. The van der Waals surface area contributed by atoms with Crippen molar-refractivity contribution in [2.24, 2.45) is 5.92 Å².